The molecule has 13 heteroatoms. The van der Waals surface area contributed by atoms with Crippen molar-refractivity contribution in [2.45, 2.75) is 86.7 Å². The molecule has 1 aromatic carbocycles. The van der Waals surface area contributed by atoms with Gasteiger partial charge < -0.3 is 4.74 Å². The van der Waals surface area contributed by atoms with Crippen molar-refractivity contribution in [3.63, 3.8) is 0 Å². The van der Waals surface area contributed by atoms with Crippen LogP contribution in [0.25, 0.3) is 0 Å². The van der Waals surface area contributed by atoms with Gasteiger partial charge in [0, 0.05) is 49.9 Å². The number of ether oxygens (including phenoxy) is 1. The Morgan fingerprint density at radius 3 is 2.28 bits per heavy atom. The summed E-state index contributed by atoms with van der Waals surface area (Å²) in [7, 11) is -7.98. The number of rotatable bonds is 9. The molecule has 1 aromatic heterocycles. The maximum atomic E-state index is 13.5. The summed E-state index contributed by atoms with van der Waals surface area (Å²) < 4.78 is 103. The van der Waals surface area contributed by atoms with Crippen molar-refractivity contribution in [3.05, 3.63) is 54.4 Å². The van der Waals surface area contributed by atoms with Crippen molar-refractivity contribution < 1.29 is 34.7 Å². The van der Waals surface area contributed by atoms with Crippen LogP contribution in [0.3, 0.4) is 0 Å². The van der Waals surface area contributed by atoms with Gasteiger partial charge in [0.1, 0.15) is 11.9 Å². The van der Waals surface area contributed by atoms with Crippen LogP contribution in [0, 0.1) is 0 Å². The number of aromatic nitrogens is 1. The average molecular weight is 588 g/mol. The largest absolute Gasteiger partial charge is 0.490 e. The first kappa shape index (κ1) is 28.3. The summed E-state index contributed by atoms with van der Waals surface area (Å²) in [6.45, 7) is 0.112. The summed E-state index contributed by atoms with van der Waals surface area (Å²) in [4.78, 5) is 3.22. The average Bonchev–Trinajstić information content (AvgIpc) is 3.47. The van der Waals surface area contributed by atoms with Crippen molar-refractivity contribution in [2.75, 3.05) is 12.3 Å². The number of pyridine rings is 1. The molecule has 3 saturated heterocycles. The second-order valence-corrected chi connectivity index (χ2v) is 14.3. The third kappa shape index (κ3) is 5.96. The molecule has 0 spiro atoms. The fourth-order valence-corrected chi connectivity index (χ4v) is 10.3. The van der Waals surface area contributed by atoms with Crippen molar-refractivity contribution >= 4 is 20.0 Å². The van der Waals surface area contributed by atoms with Gasteiger partial charge in [-0.3, -0.25) is 4.98 Å². The highest BCUT2D eigenvalue weighted by Crippen LogP contribution is 2.40. The number of halogens is 3. The Hall–Kier alpha value is -2.22. The van der Waals surface area contributed by atoms with Crippen LogP contribution >= 0.6 is 0 Å². The molecule has 214 valence electrons. The van der Waals surface area contributed by atoms with Crippen molar-refractivity contribution in [3.8, 4) is 5.75 Å². The molecule has 8 nitrogen and oxygen atoms in total. The van der Waals surface area contributed by atoms with Crippen LogP contribution < -0.4 is 4.74 Å². The molecule has 2 unspecified atom stereocenters. The molecule has 3 aliphatic heterocycles. The first-order valence-electron chi connectivity index (χ1n) is 13.2. The fourth-order valence-electron chi connectivity index (χ4n) is 6.32. The molecule has 4 heterocycles. The van der Waals surface area contributed by atoms with Crippen LogP contribution in [-0.4, -0.2) is 67.0 Å². The zero-order valence-electron chi connectivity index (χ0n) is 21.3. The molecule has 0 amide bonds. The molecular weight excluding hydrogens is 555 g/mol. The molecule has 0 radical (unpaired) electrons. The zero-order valence-corrected chi connectivity index (χ0v) is 23.0. The van der Waals surface area contributed by atoms with Gasteiger partial charge in [-0.15, -0.1) is 0 Å². The van der Waals surface area contributed by atoms with Crippen LogP contribution in [0.4, 0.5) is 13.2 Å². The lowest BCUT2D eigenvalue weighted by atomic mass is 10.0. The summed E-state index contributed by atoms with van der Waals surface area (Å²) in [6, 6.07) is 6.93. The normalized spacial score (nSPS) is 26.6. The van der Waals surface area contributed by atoms with E-state index >= 15 is 0 Å². The third-order valence-electron chi connectivity index (χ3n) is 7.94. The Balaban J connectivity index is 1.21. The first-order valence-corrected chi connectivity index (χ1v) is 16.3. The number of fused-ring (bicyclic) bond motifs is 2. The molecule has 2 bridgehead atoms. The van der Waals surface area contributed by atoms with E-state index in [2.05, 4.69) is 4.98 Å². The quantitative estimate of drug-likeness (QED) is 0.431. The van der Waals surface area contributed by atoms with Gasteiger partial charge >= 0.3 is 6.18 Å². The van der Waals surface area contributed by atoms with E-state index < -0.39 is 42.7 Å². The number of alkyl halides is 3. The minimum absolute atomic E-state index is 0.0758. The standard InChI is InChI=1S/C26H32F3N3O5S2/c27-26(28,29)24-7-1-2-8-25(24)39(35,36)31-15-3-5-19(31)6-4-16-38(33,34)32-20-9-10-21(32)18-23(17-20)37-22-11-13-30-14-12-22/h1-2,7-8,11-14,19-21,23H,3-6,9-10,15-18H2/t19-,20?,21?,23?/m0/s1. The molecule has 0 saturated carbocycles. The number of benzene rings is 1. The lowest BCUT2D eigenvalue weighted by molar-refractivity contribution is -0.139. The van der Waals surface area contributed by atoms with E-state index in [4.69, 9.17) is 4.74 Å². The molecule has 2 aromatic rings. The monoisotopic (exact) mass is 587 g/mol. The minimum atomic E-state index is -4.80. The molecule has 39 heavy (non-hydrogen) atoms. The third-order valence-corrected chi connectivity index (χ3v) is 12.0. The van der Waals surface area contributed by atoms with Crippen LogP contribution in [0.15, 0.2) is 53.7 Å². The fraction of sp³-hybridized carbons (Fsp3) is 0.577. The van der Waals surface area contributed by atoms with E-state index in [1.807, 2.05) is 0 Å². The van der Waals surface area contributed by atoms with Crippen molar-refractivity contribution in [1.82, 2.24) is 13.6 Å². The lowest BCUT2D eigenvalue weighted by Gasteiger charge is -2.38. The Bertz CT molecular complexity index is 1360. The minimum Gasteiger partial charge on any atom is -0.490 e. The van der Waals surface area contributed by atoms with E-state index in [9.17, 15) is 30.0 Å². The SMILES string of the molecule is O=S(=O)(CCC[C@@H]1CCCN1S(=O)(=O)c1ccccc1C(F)(F)F)N1C2CCC1CC(Oc1ccncc1)C2. The van der Waals surface area contributed by atoms with Crippen LogP contribution in [0.1, 0.15) is 56.9 Å². The smallest absolute Gasteiger partial charge is 0.417 e. The lowest BCUT2D eigenvalue weighted by Crippen LogP contribution is -2.50. The van der Waals surface area contributed by atoms with Gasteiger partial charge in [0.05, 0.1) is 16.2 Å². The number of hydrogen-bond donors (Lipinski definition) is 0. The predicted molar refractivity (Wildman–Crippen MR) is 138 cm³/mol. The van der Waals surface area contributed by atoms with E-state index in [1.165, 1.54) is 6.07 Å². The summed E-state index contributed by atoms with van der Waals surface area (Å²) in [5.74, 6) is 0.582. The van der Waals surface area contributed by atoms with Crippen LogP contribution in [0.5, 0.6) is 5.75 Å². The Morgan fingerprint density at radius 1 is 0.949 bits per heavy atom. The van der Waals surface area contributed by atoms with Crippen LogP contribution in [-0.2, 0) is 26.2 Å². The van der Waals surface area contributed by atoms with E-state index in [0.717, 1.165) is 35.3 Å². The highest BCUT2D eigenvalue weighted by molar-refractivity contribution is 7.89. The Labute approximate surface area is 227 Å². The zero-order chi connectivity index (χ0) is 27.8. The molecule has 3 fully saturated rings. The van der Waals surface area contributed by atoms with Gasteiger partial charge in [-0.25, -0.2) is 16.8 Å². The van der Waals surface area contributed by atoms with E-state index in [1.54, 1.807) is 28.8 Å². The van der Waals surface area contributed by atoms with Crippen molar-refractivity contribution in [1.29, 1.82) is 0 Å². The highest BCUT2D eigenvalue weighted by atomic mass is 32.2. The first-order chi connectivity index (χ1) is 18.5. The molecule has 5 rings (SSSR count). The number of hydrogen-bond acceptors (Lipinski definition) is 6. The second-order valence-electron chi connectivity index (χ2n) is 10.5. The predicted octanol–water partition coefficient (Wildman–Crippen LogP) is 4.44. The number of nitrogens with zero attached hydrogens (tertiary/aromatic N) is 3. The Kier molecular flexibility index (Phi) is 7.97. The summed E-state index contributed by atoms with van der Waals surface area (Å²) in [5.41, 5.74) is -1.19. The van der Waals surface area contributed by atoms with Gasteiger partial charge in [0.15, 0.2) is 0 Å². The highest BCUT2D eigenvalue weighted by Gasteiger charge is 2.47. The number of sulfonamides is 2. The molecule has 0 aliphatic carbocycles. The molecule has 3 atom stereocenters. The molecular formula is C26H32F3N3O5S2. The maximum Gasteiger partial charge on any atom is 0.417 e. The van der Waals surface area contributed by atoms with Gasteiger partial charge in [-0.2, -0.15) is 21.8 Å². The molecule has 0 N–H and O–H groups in total. The maximum absolute atomic E-state index is 13.5. The summed E-state index contributed by atoms with van der Waals surface area (Å²) >= 11 is 0. The van der Waals surface area contributed by atoms with Gasteiger partial charge in [0.25, 0.3) is 0 Å². The topological polar surface area (TPSA) is 96.9 Å². The Morgan fingerprint density at radius 2 is 1.62 bits per heavy atom. The van der Waals surface area contributed by atoms with E-state index in [-0.39, 0.29) is 43.3 Å². The summed E-state index contributed by atoms with van der Waals surface area (Å²) in [6.07, 6.45) is 2.66. The van der Waals surface area contributed by atoms with Gasteiger partial charge in [0.2, 0.25) is 20.0 Å². The summed E-state index contributed by atoms with van der Waals surface area (Å²) in [5, 5.41) is 0. The molecule has 3 aliphatic rings. The second kappa shape index (κ2) is 11.0. The van der Waals surface area contributed by atoms with Crippen molar-refractivity contribution in [2.24, 2.45) is 0 Å². The van der Waals surface area contributed by atoms with Crippen LogP contribution in [0.2, 0.25) is 0 Å². The number of piperidine rings is 1. The van der Waals surface area contributed by atoms with Gasteiger partial charge in [-0.1, -0.05) is 12.1 Å². The van der Waals surface area contributed by atoms with Gasteiger partial charge in [-0.05, 0) is 62.8 Å². The van der Waals surface area contributed by atoms with E-state index in [0.29, 0.717) is 31.4 Å².